The van der Waals surface area contributed by atoms with Crippen LogP contribution >= 0.6 is 0 Å². The van der Waals surface area contributed by atoms with Crippen molar-refractivity contribution in [2.75, 3.05) is 5.32 Å². The molecule has 2 unspecified atom stereocenters. The number of carbonyl (C=O) groups is 1. The van der Waals surface area contributed by atoms with E-state index in [0.717, 1.165) is 11.3 Å². The van der Waals surface area contributed by atoms with Gasteiger partial charge >= 0.3 is 0 Å². The van der Waals surface area contributed by atoms with E-state index in [1.54, 1.807) is 25.3 Å². The van der Waals surface area contributed by atoms with Gasteiger partial charge in [-0.3, -0.25) is 4.79 Å². The molecular formula is C18H23N3O2. The first-order valence-corrected chi connectivity index (χ1v) is 7.64. The number of nitrogens with two attached hydrogens (primary N) is 1. The summed E-state index contributed by atoms with van der Waals surface area (Å²) in [4.78, 5) is 16.2. The van der Waals surface area contributed by atoms with Crippen molar-refractivity contribution in [3.8, 4) is 11.6 Å². The second-order valence-electron chi connectivity index (χ2n) is 5.87. The minimum Gasteiger partial charge on any atom is -0.439 e. The Balaban J connectivity index is 2.02. The molecule has 0 spiro atoms. The van der Waals surface area contributed by atoms with Crippen LogP contribution in [0, 0.1) is 19.8 Å². The molecule has 1 amide bonds. The Hall–Kier alpha value is -2.40. The Bertz CT molecular complexity index is 681. The molecular weight excluding hydrogens is 290 g/mol. The summed E-state index contributed by atoms with van der Waals surface area (Å²) in [5.41, 5.74) is 8.72. The van der Waals surface area contributed by atoms with Crippen LogP contribution in [0.4, 0.5) is 5.69 Å². The second-order valence-corrected chi connectivity index (χ2v) is 5.87. The number of rotatable bonds is 5. The van der Waals surface area contributed by atoms with Gasteiger partial charge in [-0.25, -0.2) is 4.98 Å². The molecule has 0 saturated carbocycles. The average molecular weight is 313 g/mol. The Morgan fingerprint density at radius 3 is 2.48 bits per heavy atom. The molecule has 0 radical (unpaired) electrons. The van der Waals surface area contributed by atoms with E-state index < -0.39 is 0 Å². The summed E-state index contributed by atoms with van der Waals surface area (Å²) in [6, 6.07) is 9.17. The fraction of sp³-hybridized carbons (Fsp3) is 0.333. The van der Waals surface area contributed by atoms with Crippen LogP contribution in [0.3, 0.4) is 0 Å². The van der Waals surface area contributed by atoms with Crippen LogP contribution in [0.5, 0.6) is 11.6 Å². The topological polar surface area (TPSA) is 77.2 Å². The van der Waals surface area contributed by atoms with Gasteiger partial charge < -0.3 is 15.8 Å². The molecule has 2 aromatic rings. The van der Waals surface area contributed by atoms with Gasteiger partial charge in [0.15, 0.2) is 0 Å². The Labute approximate surface area is 136 Å². The zero-order valence-electron chi connectivity index (χ0n) is 14.0. The van der Waals surface area contributed by atoms with Crippen LogP contribution in [0.15, 0.2) is 36.5 Å². The van der Waals surface area contributed by atoms with E-state index >= 15 is 0 Å². The third kappa shape index (κ3) is 4.53. The number of anilines is 1. The number of aryl methyl sites for hydroxylation is 2. The highest BCUT2D eigenvalue weighted by atomic mass is 16.5. The van der Waals surface area contributed by atoms with Gasteiger partial charge in [0.2, 0.25) is 11.8 Å². The Kier molecular flexibility index (Phi) is 5.34. The molecule has 122 valence electrons. The maximum Gasteiger partial charge on any atom is 0.228 e. The van der Waals surface area contributed by atoms with Crippen molar-refractivity contribution in [3.05, 3.63) is 47.7 Å². The maximum atomic E-state index is 11.9. The molecule has 0 aliphatic heterocycles. The van der Waals surface area contributed by atoms with Gasteiger partial charge in [-0.1, -0.05) is 13.0 Å². The van der Waals surface area contributed by atoms with Gasteiger partial charge in [-0.15, -0.1) is 0 Å². The van der Waals surface area contributed by atoms with Gasteiger partial charge in [0.1, 0.15) is 5.75 Å². The van der Waals surface area contributed by atoms with E-state index in [1.165, 1.54) is 5.56 Å². The van der Waals surface area contributed by atoms with E-state index in [4.69, 9.17) is 10.5 Å². The number of hydrogen-bond donors (Lipinski definition) is 2. The van der Waals surface area contributed by atoms with Crippen LogP contribution in [0.2, 0.25) is 0 Å². The van der Waals surface area contributed by atoms with Gasteiger partial charge in [-0.2, -0.15) is 0 Å². The molecule has 0 aliphatic rings. The smallest absolute Gasteiger partial charge is 0.228 e. The first-order valence-electron chi connectivity index (χ1n) is 7.64. The largest absolute Gasteiger partial charge is 0.439 e. The van der Waals surface area contributed by atoms with Crippen molar-refractivity contribution in [1.29, 1.82) is 0 Å². The lowest BCUT2D eigenvalue weighted by atomic mass is 10.0. The normalized spacial score (nSPS) is 13.3. The van der Waals surface area contributed by atoms with Crippen LogP contribution in [0.25, 0.3) is 0 Å². The molecule has 1 heterocycles. The highest BCUT2D eigenvalue weighted by Crippen LogP contribution is 2.23. The summed E-state index contributed by atoms with van der Waals surface area (Å²) in [6.07, 6.45) is 1.57. The lowest BCUT2D eigenvalue weighted by molar-refractivity contribution is -0.119. The van der Waals surface area contributed by atoms with Crippen molar-refractivity contribution >= 4 is 11.6 Å². The standard InChI is InChI=1S/C18H23N3O2/c1-11-5-7-16(9-12(11)2)23-17-8-6-15(10-20-17)21-18(22)13(3)14(4)19/h5-10,13-14H,19H2,1-4H3,(H,21,22). The molecule has 5 nitrogen and oxygen atoms in total. The fourth-order valence-electron chi connectivity index (χ4n) is 1.91. The van der Waals surface area contributed by atoms with Crippen molar-refractivity contribution < 1.29 is 9.53 Å². The third-order valence-corrected chi connectivity index (χ3v) is 3.91. The second kappa shape index (κ2) is 7.24. The summed E-state index contributed by atoms with van der Waals surface area (Å²) < 4.78 is 5.72. The number of carbonyl (C=O) groups excluding carboxylic acids is 1. The van der Waals surface area contributed by atoms with Gasteiger partial charge in [0.25, 0.3) is 0 Å². The Morgan fingerprint density at radius 1 is 1.17 bits per heavy atom. The predicted molar refractivity (Wildman–Crippen MR) is 91.7 cm³/mol. The summed E-state index contributed by atoms with van der Waals surface area (Å²) >= 11 is 0. The lowest BCUT2D eigenvalue weighted by Gasteiger charge is -2.15. The Morgan fingerprint density at radius 2 is 1.91 bits per heavy atom. The number of benzene rings is 1. The quantitative estimate of drug-likeness (QED) is 0.886. The molecule has 1 aromatic heterocycles. The molecule has 23 heavy (non-hydrogen) atoms. The average Bonchev–Trinajstić information content (AvgIpc) is 2.52. The summed E-state index contributed by atoms with van der Waals surface area (Å²) in [7, 11) is 0. The maximum absolute atomic E-state index is 11.9. The van der Waals surface area contributed by atoms with Crippen molar-refractivity contribution in [3.63, 3.8) is 0 Å². The molecule has 2 rings (SSSR count). The number of amides is 1. The van der Waals surface area contributed by atoms with Gasteiger partial charge in [0.05, 0.1) is 17.8 Å². The van der Waals surface area contributed by atoms with E-state index in [-0.39, 0.29) is 17.9 Å². The van der Waals surface area contributed by atoms with E-state index in [2.05, 4.69) is 17.2 Å². The summed E-state index contributed by atoms with van der Waals surface area (Å²) in [6.45, 7) is 7.69. The van der Waals surface area contributed by atoms with Crippen LogP contribution in [-0.2, 0) is 4.79 Å². The van der Waals surface area contributed by atoms with E-state index in [0.29, 0.717) is 11.6 Å². The lowest BCUT2D eigenvalue weighted by Crippen LogP contribution is -2.34. The number of nitrogens with one attached hydrogen (secondary N) is 1. The highest BCUT2D eigenvalue weighted by Gasteiger charge is 2.17. The number of hydrogen-bond acceptors (Lipinski definition) is 4. The molecule has 0 fully saturated rings. The van der Waals surface area contributed by atoms with Crippen LogP contribution < -0.4 is 15.8 Å². The van der Waals surface area contributed by atoms with Gasteiger partial charge in [-0.05, 0) is 50.1 Å². The highest BCUT2D eigenvalue weighted by molar-refractivity contribution is 5.92. The molecule has 2 atom stereocenters. The fourth-order valence-corrected chi connectivity index (χ4v) is 1.91. The first-order chi connectivity index (χ1) is 10.9. The van der Waals surface area contributed by atoms with Gasteiger partial charge in [0, 0.05) is 12.1 Å². The minimum absolute atomic E-state index is 0.121. The van der Waals surface area contributed by atoms with Crippen LogP contribution in [0.1, 0.15) is 25.0 Å². The molecule has 0 bridgehead atoms. The van der Waals surface area contributed by atoms with Crippen molar-refractivity contribution in [2.24, 2.45) is 11.7 Å². The number of aromatic nitrogens is 1. The number of nitrogens with zero attached hydrogens (tertiary/aromatic N) is 1. The molecule has 1 aromatic carbocycles. The minimum atomic E-state index is -0.263. The van der Waals surface area contributed by atoms with E-state index in [1.807, 2.05) is 32.0 Å². The first kappa shape index (κ1) is 17.0. The third-order valence-electron chi connectivity index (χ3n) is 3.91. The number of pyridine rings is 1. The zero-order chi connectivity index (χ0) is 17.0. The zero-order valence-corrected chi connectivity index (χ0v) is 14.0. The molecule has 0 saturated heterocycles. The predicted octanol–water partition coefficient (Wildman–Crippen LogP) is 3.41. The molecule has 5 heteroatoms. The monoisotopic (exact) mass is 313 g/mol. The number of ether oxygens (including phenoxy) is 1. The molecule has 0 aliphatic carbocycles. The summed E-state index contributed by atoms with van der Waals surface area (Å²) in [5, 5.41) is 2.79. The van der Waals surface area contributed by atoms with Crippen molar-refractivity contribution in [2.45, 2.75) is 33.7 Å². The molecule has 3 N–H and O–H groups in total. The summed E-state index contributed by atoms with van der Waals surface area (Å²) in [5.74, 6) is 0.834. The van der Waals surface area contributed by atoms with Crippen molar-refractivity contribution in [1.82, 2.24) is 4.98 Å². The van der Waals surface area contributed by atoms with E-state index in [9.17, 15) is 4.79 Å². The SMILES string of the molecule is Cc1ccc(Oc2ccc(NC(=O)C(C)C(C)N)cn2)cc1C. The van der Waals surface area contributed by atoms with Crippen LogP contribution in [-0.4, -0.2) is 16.9 Å².